The molecule has 6 heteroatoms. The van der Waals surface area contributed by atoms with Crippen LogP contribution in [0.5, 0.6) is 0 Å². The van der Waals surface area contributed by atoms with Crippen LogP contribution in [0.15, 0.2) is 6.33 Å². The van der Waals surface area contributed by atoms with Gasteiger partial charge in [0.15, 0.2) is 6.29 Å². The van der Waals surface area contributed by atoms with Gasteiger partial charge in [0.1, 0.15) is 12.2 Å². The van der Waals surface area contributed by atoms with Gasteiger partial charge in [-0.25, -0.2) is 15.0 Å². The summed E-state index contributed by atoms with van der Waals surface area (Å²) in [6, 6.07) is 0. The minimum atomic E-state index is -1.15. The normalized spacial score (nSPS) is 9.67. The number of rotatable bonds is 5. The average Bonchev–Trinajstić information content (AvgIpc) is 2.28. The number of aromatic nitrogens is 3. The first kappa shape index (κ1) is 11.1. The summed E-state index contributed by atoms with van der Waals surface area (Å²) >= 11 is 0. The van der Waals surface area contributed by atoms with Crippen LogP contribution in [0.25, 0.3) is 0 Å². The second-order valence-electron chi connectivity index (χ2n) is 2.79. The van der Waals surface area contributed by atoms with E-state index < -0.39 is 11.6 Å². The zero-order chi connectivity index (χ0) is 11.3. The molecule has 1 aromatic rings. The van der Waals surface area contributed by atoms with Crippen molar-refractivity contribution < 1.29 is 14.4 Å². The topological polar surface area (TPSA) is 89.9 Å². The highest BCUT2D eigenvalue weighted by molar-refractivity contribution is 6.61. The number of ketones is 2. The van der Waals surface area contributed by atoms with E-state index >= 15 is 0 Å². The molecule has 1 rings (SSSR count). The van der Waals surface area contributed by atoms with Crippen LogP contribution in [0.2, 0.25) is 0 Å². The Hall–Kier alpha value is -1.98. The minimum Gasteiger partial charge on any atom is -0.294 e. The van der Waals surface area contributed by atoms with E-state index in [2.05, 4.69) is 15.0 Å². The van der Waals surface area contributed by atoms with Gasteiger partial charge in [0.2, 0.25) is 5.82 Å². The third-order valence-electron chi connectivity index (χ3n) is 1.63. The number of carbonyl (C=O) groups excluding carboxylic acids is 3. The molecule has 0 radical (unpaired) electrons. The molecule has 0 fully saturated rings. The average molecular weight is 207 g/mol. The zero-order valence-electron chi connectivity index (χ0n) is 8.14. The maximum atomic E-state index is 11.2. The van der Waals surface area contributed by atoms with Gasteiger partial charge in [0, 0.05) is 6.42 Å². The van der Waals surface area contributed by atoms with Gasteiger partial charge in [0.25, 0.3) is 11.6 Å². The molecule has 78 valence electrons. The summed E-state index contributed by atoms with van der Waals surface area (Å²) in [5.74, 6) is -1.98. The van der Waals surface area contributed by atoms with Gasteiger partial charge in [-0.3, -0.25) is 14.4 Å². The van der Waals surface area contributed by atoms with Crippen molar-refractivity contribution >= 4 is 17.9 Å². The molecule has 0 amide bonds. The highest BCUT2D eigenvalue weighted by Crippen LogP contribution is 1.96. The molecule has 0 N–H and O–H groups in total. The van der Waals surface area contributed by atoms with Crippen molar-refractivity contribution in [3.05, 3.63) is 18.0 Å². The van der Waals surface area contributed by atoms with Gasteiger partial charge in [-0.2, -0.15) is 0 Å². The summed E-state index contributed by atoms with van der Waals surface area (Å²) in [5.41, 5.74) is 0. The maximum Gasteiger partial charge on any atom is 0.273 e. The molecular weight excluding hydrogens is 198 g/mol. The largest absolute Gasteiger partial charge is 0.294 e. The van der Waals surface area contributed by atoms with Crippen LogP contribution in [0.3, 0.4) is 0 Å². The fraction of sp³-hybridized carbons (Fsp3) is 0.333. The zero-order valence-corrected chi connectivity index (χ0v) is 8.14. The summed E-state index contributed by atoms with van der Waals surface area (Å²) in [7, 11) is 0. The summed E-state index contributed by atoms with van der Waals surface area (Å²) in [6.07, 6.45) is 2.52. The molecular formula is C9H9N3O3. The Labute approximate surface area is 85.8 Å². The molecule has 1 heterocycles. The van der Waals surface area contributed by atoms with Gasteiger partial charge in [-0.1, -0.05) is 6.92 Å². The molecule has 0 aliphatic carbocycles. The first-order valence-corrected chi connectivity index (χ1v) is 4.40. The second-order valence-corrected chi connectivity index (χ2v) is 2.79. The van der Waals surface area contributed by atoms with Crippen LogP contribution in [-0.2, 0) is 16.0 Å². The molecule has 0 bridgehead atoms. The monoisotopic (exact) mass is 207 g/mol. The lowest BCUT2D eigenvalue weighted by Gasteiger charge is -1.97. The predicted molar refractivity (Wildman–Crippen MR) is 49.2 cm³/mol. The van der Waals surface area contributed by atoms with Crippen LogP contribution >= 0.6 is 0 Å². The lowest BCUT2D eigenvalue weighted by molar-refractivity contribution is -0.126. The molecule has 0 aliphatic rings. The maximum absolute atomic E-state index is 11.2. The Morgan fingerprint density at radius 3 is 2.73 bits per heavy atom. The van der Waals surface area contributed by atoms with Crippen molar-refractivity contribution in [2.24, 2.45) is 0 Å². The molecule has 0 aromatic carbocycles. The second kappa shape index (κ2) is 5.04. The van der Waals surface area contributed by atoms with Crippen LogP contribution < -0.4 is 0 Å². The summed E-state index contributed by atoms with van der Waals surface area (Å²) in [5, 5.41) is 0. The van der Waals surface area contributed by atoms with E-state index in [4.69, 9.17) is 0 Å². The third kappa shape index (κ3) is 2.73. The fourth-order valence-electron chi connectivity index (χ4n) is 0.947. The van der Waals surface area contributed by atoms with Gasteiger partial charge in [-0.05, 0) is 6.42 Å². The fourth-order valence-corrected chi connectivity index (χ4v) is 0.947. The molecule has 0 saturated carbocycles. The number of nitrogens with zero attached hydrogens (tertiary/aromatic N) is 3. The predicted octanol–water partition coefficient (Wildman–Crippen LogP) is -0.225. The number of hydrogen-bond donors (Lipinski definition) is 0. The van der Waals surface area contributed by atoms with E-state index in [1.807, 2.05) is 6.92 Å². The first-order chi connectivity index (χ1) is 7.19. The lowest BCUT2D eigenvalue weighted by Crippen LogP contribution is -2.19. The number of aldehydes is 1. The SMILES string of the molecule is CCCc1ncnc(C(=O)C(=O)C=O)n1. The number of carbonyl (C=O) groups is 3. The van der Waals surface area contributed by atoms with Crippen molar-refractivity contribution in [3.8, 4) is 0 Å². The molecule has 0 aliphatic heterocycles. The van der Waals surface area contributed by atoms with E-state index in [1.165, 1.54) is 0 Å². The summed E-state index contributed by atoms with van der Waals surface area (Å²) in [4.78, 5) is 43.2. The van der Waals surface area contributed by atoms with Crippen molar-refractivity contribution in [2.75, 3.05) is 0 Å². The standard InChI is InChI=1S/C9H9N3O3/c1-2-3-7-10-5-11-9(12-7)8(15)6(14)4-13/h4-5H,2-3H2,1H3. The molecule has 0 saturated heterocycles. The molecule has 0 unspecified atom stereocenters. The third-order valence-corrected chi connectivity index (χ3v) is 1.63. The summed E-state index contributed by atoms with van der Waals surface area (Å²) < 4.78 is 0. The van der Waals surface area contributed by atoms with E-state index in [-0.39, 0.29) is 12.1 Å². The van der Waals surface area contributed by atoms with E-state index in [9.17, 15) is 14.4 Å². The molecule has 6 nitrogen and oxygen atoms in total. The van der Waals surface area contributed by atoms with Crippen molar-refractivity contribution in [1.82, 2.24) is 15.0 Å². The van der Waals surface area contributed by atoms with Gasteiger partial charge < -0.3 is 0 Å². The highest BCUT2D eigenvalue weighted by Gasteiger charge is 2.18. The lowest BCUT2D eigenvalue weighted by atomic mass is 10.2. The van der Waals surface area contributed by atoms with Gasteiger partial charge >= 0.3 is 0 Å². The Morgan fingerprint density at radius 1 is 1.40 bits per heavy atom. The Balaban J connectivity index is 2.94. The molecule has 0 atom stereocenters. The van der Waals surface area contributed by atoms with Crippen molar-refractivity contribution in [3.63, 3.8) is 0 Å². The van der Waals surface area contributed by atoms with Crippen LogP contribution in [-0.4, -0.2) is 32.8 Å². The first-order valence-electron chi connectivity index (χ1n) is 4.40. The van der Waals surface area contributed by atoms with Crippen molar-refractivity contribution in [2.45, 2.75) is 19.8 Å². The van der Waals surface area contributed by atoms with Gasteiger partial charge in [0.05, 0.1) is 0 Å². The van der Waals surface area contributed by atoms with Crippen LogP contribution in [0.4, 0.5) is 0 Å². The minimum absolute atomic E-state index is 0.0500. The van der Waals surface area contributed by atoms with E-state index in [0.717, 1.165) is 12.7 Å². The quantitative estimate of drug-likeness (QED) is 0.287. The molecule has 0 spiro atoms. The number of aryl methyl sites for hydroxylation is 1. The summed E-state index contributed by atoms with van der Waals surface area (Å²) in [6.45, 7) is 1.93. The van der Waals surface area contributed by atoms with Crippen LogP contribution in [0, 0.1) is 0 Å². The number of Topliss-reactive ketones (excluding diaryl/α,β-unsaturated/α-hetero) is 2. The van der Waals surface area contributed by atoms with Gasteiger partial charge in [-0.15, -0.1) is 0 Å². The Bertz CT molecular complexity index is 403. The van der Waals surface area contributed by atoms with Crippen LogP contribution in [0.1, 0.15) is 29.8 Å². The molecule has 15 heavy (non-hydrogen) atoms. The highest BCUT2D eigenvalue weighted by atomic mass is 16.2. The Kier molecular flexibility index (Phi) is 3.73. The Morgan fingerprint density at radius 2 is 2.13 bits per heavy atom. The van der Waals surface area contributed by atoms with E-state index in [0.29, 0.717) is 12.2 Å². The van der Waals surface area contributed by atoms with E-state index in [1.54, 1.807) is 0 Å². The number of hydrogen-bond acceptors (Lipinski definition) is 6. The van der Waals surface area contributed by atoms with Crippen molar-refractivity contribution in [1.29, 1.82) is 0 Å². The smallest absolute Gasteiger partial charge is 0.273 e. The molecule has 1 aromatic heterocycles.